The van der Waals surface area contributed by atoms with Gasteiger partial charge in [-0.15, -0.1) is 0 Å². The third-order valence-corrected chi connectivity index (χ3v) is 5.78. The first-order valence-electron chi connectivity index (χ1n) is 10.1. The van der Waals surface area contributed by atoms with E-state index in [1.807, 2.05) is 0 Å². The highest BCUT2D eigenvalue weighted by Gasteiger charge is 2.30. The van der Waals surface area contributed by atoms with Crippen molar-refractivity contribution in [3.05, 3.63) is 0 Å². The van der Waals surface area contributed by atoms with Crippen LogP contribution in [0.5, 0.6) is 0 Å². The highest BCUT2D eigenvalue weighted by molar-refractivity contribution is 5.69. The lowest BCUT2D eigenvalue weighted by Crippen LogP contribution is -2.49. The van der Waals surface area contributed by atoms with Crippen LogP contribution in [0.25, 0.3) is 0 Å². The van der Waals surface area contributed by atoms with Crippen molar-refractivity contribution in [2.24, 2.45) is 0 Å². The molecule has 5 heteroatoms. The smallest absolute Gasteiger partial charge is 0.308 e. The van der Waals surface area contributed by atoms with Gasteiger partial charge in [0.1, 0.15) is 0 Å². The Hall–Kier alpha value is -0.650. The predicted octanol–water partition coefficient (Wildman–Crippen LogP) is 3.26. The third kappa shape index (κ3) is 9.02. The number of nitrogens with zero attached hydrogens (tertiary/aromatic N) is 1. The van der Waals surface area contributed by atoms with Crippen LogP contribution in [0.15, 0.2) is 0 Å². The van der Waals surface area contributed by atoms with Crippen LogP contribution in [0.1, 0.15) is 84.0 Å². The number of hydrogen-bond acceptors (Lipinski definition) is 5. The van der Waals surface area contributed by atoms with Gasteiger partial charge in [0.15, 0.2) is 0 Å². The average Bonchev–Trinajstić information content (AvgIpc) is 2.59. The molecule has 0 radical (unpaired) electrons. The number of likely N-dealkylation sites (N-methyl/N-ethyl adjacent to an activating group) is 1. The molecule has 1 heterocycles. The van der Waals surface area contributed by atoms with E-state index in [-0.39, 0.29) is 24.5 Å². The zero-order chi connectivity index (χ0) is 18.7. The van der Waals surface area contributed by atoms with E-state index in [0.29, 0.717) is 12.5 Å². The summed E-state index contributed by atoms with van der Waals surface area (Å²) in [5, 5.41) is 19.6. The summed E-state index contributed by atoms with van der Waals surface area (Å²) in [6.45, 7) is 2.12. The Kier molecular flexibility index (Phi) is 11.3. The second kappa shape index (κ2) is 12.7. The van der Waals surface area contributed by atoms with Crippen molar-refractivity contribution in [2.75, 3.05) is 14.2 Å². The number of aliphatic hydroxyl groups excluding tert-OH is 2. The molecule has 0 bridgehead atoms. The molecular formula is C20H39NO4. The Morgan fingerprint density at radius 3 is 2.36 bits per heavy atom. The summed E-state index contributed by atoms with van der Waals surface area (Å²) in [4.78, 5) is 13.4. The Morgan fingerprint density at radius 2 is 1.72 bits per heavy atom. The topological polar surface area (TPSA) is 70.0 Å². The number of rotatable bonds is 12. The van der Waals surface area contributed by atoms with Gasteiger partial charge < -0.3 is 14.9 Å². The molecule has 0 amide bonds. The Balaban J connectivity index is 1.93. The zero-order valence-corrected chi connectivity index (χ0v) is 16.5. The molecule has 0 spiro atoms. The number of piperidine rings is 1. The second-order valence-corrected chi connectivity index (χ2v) is 7.69. The quantitative estimate of drug-likeness (QED) is 0.414. The number of hydrogen-bond donors (Lipinski definition) is 2. The number of carbonyl (C=O) groups is 1. The number of likely N-dealkylation sites (tertiary alicyclic amines) is 1. The van der Waals surface area contributed by atoms with E-state index >= 15 is 0 Å². The minimum absolute atomic E-state index is 0.113. The average molecular weight is 358 g/mol. The summed E-state index contributed by atoms with van der Waals surface area (Å²) in [6.07, 6.45) is 11.8. The van der Waals surface area contributed by atoms with Crippen molar-refractivity contribution >= 4 is 5.97 Å². The second-order valence-electron chi connectivity index (χ2n) is 7.69. The molecule has 0 aromatic carbocycles. The monoisotopic (exact) mass is 357 g/mol. The molecule has 1 fully saturated rings. The van der Waals surface area contributed by atoms with Gasteiger partial charge in [-0.1, -0.05) is 44.9 Å². The van der Waals surface area contributed by atoms with Gasteiger partial charge in [0.25, 0.3) is 0 Å². The highest BCUT2D eigenvalue weighted by atomic mass is 16.5. The van der Waals surface area contributed by atoms with Crippen LogP contribution >= 0.6 is 0 Å². The number of methoxy groups -OCH3 is 1. The SMILES string of the molecule is COC(=O)C[C@H](O)CCCCCCCCC[C@@H]1CC[C@@H](O)[C@H](C)N1C. The van der Waals surface area contributed by atoms with Crippen LogP contribution in [-0.4, -0.2) is 59.5 Å². The molecule has 0 unspecified atom stereocenters. The van der Waals surface area contributed by atoms with Gasteiger partial charge in [-0.25, -0.2) is 0 Å². The minimum Gasteiger partial charge on any atom is -0.469 e. The summed E-state index contributed by atoms with van der Waals surface area (Å²) in [5.74, 6) is -0.333. The summed E-state index contributed by atoms with van der Waals surface area (Å²) < 4.78 is 4.55. The fraction of sp³-hybridized carbons (Fsp3) is 0.950. The van der Waals surface area contributed by atoms with Gasteiger partial charge in [0.2, 0.25) is 0 Å². The molecule has 25 heavy (non-hydrogen) atoms. The van der Waals surface area contributed by atoms with Crippen LogP contribution in [-0.2, 0) is 9.53 Å². The van der Waals surface area contributed by atoms with Gasteiger partial charge in [-0.2, -0.15) is 0 Å². The van der Waals surface area contributed by atoms with E-state index in [2.05, 4.69) is 23.6 Å². The van der Waals surface area contributed by atoms with Crippen LogP contribution in [0.3, 0.4) is 0 Å². The van der Waals surface area contributed by atoms with Crippen LogP contribution in [0.4, 0.5) is 0 Å². The molecule has 1 saturated heterocycles. The lowest BCUT2D eigenvalue weighted by molar-refractivity contribution is -0.142. The Bertz CT molecular complexity index is 364. The van der Waals surface area contributed by atoms with Gasteiger partial charge in [0, 0.05) is 12.1 Å². The first kappa shape index (κ1) is 22.4. The lowest BCUT2D eigenvalue weighted by Gasteiger charge is -2.41. The maximum atomic E-state index is 11.0. The van der Waals surface area contributed by atoms with Gasteiger partial charge in [-0.3, -0.25) is 9.69 Å². The molecular weight excluding hydrogens is 318 g/mol. The maximum Gasteiger partial charge on any atom is 0.308 e. The fourth-order valence-electron chi connectivity index (χ4n) is 3.78. The van der Waals surface area contributed by atoms with E-state index < -0.39 is 6.10 Å². The summed E-state index contributed by atoms with van der Waals surface area (Å²) in [7, 11) is 3.50. The molecule has 5 nitrogen and oxygen atoms in total. The molecule has 1 rings (SSSR count). The van der Waals surface area contributed by atoms with Crippen molar-refractivity contribution in [1.82, 2.24) is 4.90 Å². The summed E-state index contributed by atoms with van der Waals surface area (Å²) in [6, 6.07) is 0.919. The molecule has 1 aliphatic rings. The van der Waals surface area contributed by atoms with Crippen LogP contribution in [0, 0.1) is 0 Å². The normalized spacial score (nSPS) is 25.7. The molecule has 0 aliphatic carbocycles. The first-order chi connectivity index (χ1) is 12.0. The van der Waals surface area contributed by atoms with E-state index in [1.165, 1.54) is 45.6 Å². The van der Waals surface area contributed by atoms with Crippen molar-refractivity contribution in [3.63, 3.8) is 0 Å². The lowest BCUT2D eigenvalue weighted by atomic mass is 9.91. The molecule has 1 aliphatic heterocycles. The number of esters is 1. The van der Waals surface area contributed by atoms with Crippen molar-refractivity contribution in [1.29, 1.82) is 0 Å². The summed E-state index contributed by atoms with van der Waals surface area (Å²) in [5.41, 5.74) is 0. The molecule has 2 N–H and O–H groups in total. The Morgan fingerprint density at radius 1 is 1.12 bits per heavy atom. The van der Waals surface area contributed by atoms with Crippen molar-refractivity contribution < 1.29 is 19.7 Å². The van der Waals surface area contributed by atoms with E-state index in [1.54, 1.807) is 0 Å². The highest BCUT2D eigenvalue weighted by Crippen LogP contribution is 2.25. The largest absolute Gasteiger partial charge is 0.469 e. The van der Waals surface area contributed by atoms with E-state index in [0.717, 1.165) is 25.7 Å². The Labute approximate surface area is 153 Å². The van der Waals surface area contributed by atoms with Gasteiger partial charge in [-0.05, 0) is 39.7 Å². The van der Waals surface area contributed by atoms with Crippen molar-refractivity contribution in [2.45, 2.75) is 108 Å². The van der Waals surface area contributed by atoms with Gasteiger partial charge in [0.05, 0.1) is 25.7 Å². The third-order valence-electron chi connectivity index (χ3n) is 5.78. The van der Waals surface area contributed by atoms with E-state index in [4.69, 9.17) is 0 Å². The first-order valence-corrected chi connectivity index (χ1v) is 10.1. The number of ether oxygens (including phenoxy) is 1. The molecule has 4 atom stereocenters. The molecule has 148 valence electrons. The van der Waals surface area contributed by atoms with Crippen LogP contribution in [0.2, 0.25) is 0 Å². The zero-order valence-electron chi connectivity index (χ0n) is 16.5. The van der Waals surface area contributed by atoms with E-state index in [9.17, 15) is 15.0 Å². The summed E-state index contributed by atoms with van der Waals surface area (Å²) >= 11 is 0. The maximum absolute atomic E-state index is 11.0. The van der Waals surface area contributed by atoms with Crippen molar-refractivity contribution in [3.8, 4) is 0 Å². The standard InChI is InChI=1S/C20H39NO4/c1-16-19(23)14-13-17(21(16)2)11-9-7-5-4-6-8-10-12-18(22)15-20(24)25-3/h16-19,22-23H,4-15H2,1-3H3/t16-,17+,18+,19+/m0/s1. The molecule has 0 aromatic rings. The van der Waals surface area contributed by atoms with Crippen LogP contribution < -0.4 is 0 Å². The predicted molar refractivity (Wildman–Crippen MR) is 100 cm³/mol. The number of aliphatic hydroxyl groups is 2. The molecule has 0 aromatic heterocycles. The minimum atomic E-state index is -0.555. The number of unbranched alkanes of at least 4 members (excludes halogenated alkanes) is 6. The van der Waals surface area contributed by atoms with Gasteiger partial charge >= 0.3 is 5.97 Å². The fourth-order valence-corrected chi connectivity index (χ4v) is 3.78. The number of carbonyl (C=O) groups excluding carboxylic acids is 1. The molecule has 0 saturated carbocycles.